The number of nitrogens with zero attached hydrogens (tertiary/aromatic N) is 2. The van der Waals surface area contributed by atoms with Crippen LogP contribution < -0.4 is 10.1 Å². The van der Waals surface area contributed by atoms with E-state index in [-0.39, 0.29) is 0 Å². The molecule has 2 N–H and O–H groups in total. The summed E-state index contributed by atoms with van der Waals surface area (Å²) in [4.78, 5) is 11.6. The minimum Gasteiger partial charge on any atom is -0.463 e. The van der Waals surface area contributed by atoms with Gasteiger partial charge in [0.25, 0.3) is 6.01 Å². The van der Waals surface area contributed by atoms with E-state index in [1.807, 2.05) is 12.1 Å². The number of hydrogen-bond acceptors (Lipinski definition) is 4. The molecule has 1 aliphatic rings. The first-order valence-electron chi connectivity index (χ1n) is 6.09. The van der Waals surface area contributed by atoms with Crippen LogP contribution in [0.1, 0.15) is 19.3 Å². The minimum atomic E-state index is 0.449. The van der Waals surface area contributed by atoms with Gasteiger partial charge in [-0.05, 0) is 31.5 Å². The molecule has 5 heteroatoms. The Hall–Kier alpha value is -1.62. The lowest BCUT2D eigenvalue weighted by Crippen LogP contribution is -2.38. The van der Waals surface area contributed by atoms with E-state index in [1.54, 1.807) is 6.20 Å². The Morgan fingerprint density at radius 3 is 3.24 bits per heavy atom. The average Bonchev–Trinajstić information content (AvgIpc) is 2.80. The summed E-state index contributed by atoms with van der Waals surface area (Å²) in [5, 5.41) is 3.44. The third kappa shape index (κ3) is 2.39. The summed E-state index contributed by atoms with van der Waals surface area (Å²) in [6.07, 6.45) is 5.46. The van der Waals surface area contributed by atoms with E-state index < -0.39 is 0 Å². The van der Waals surface area contributed by atoms with E-state index in [1.165, 1.54) is 19.3 Å². The zero-order chi connectivity index (χ0) is 11.5. The summed E-state index contributed by atoms with van der Waals surface area (Å²) >= 11 is 0. The molecule has 1 aliphatic heterocycles. The Bertz CT molecular complexity index is 457. The van der Waals surface area contributed by atoms with Gasteiger partial charge in [0, 0.05) is 12.2 Å². The third-order valence-corrected chi connectivity index (χ3v) is 3.07. The van der Waals surface area contributed by atoms with Crippen molar-refractivity contribution in [2.24, 2.45) is 0 Å². The van der Waals surface area contributed by atoms with Crippen LogP contribution in [0.15, 0.2) is 18.3 Å². The second-order valence-corrected chi connectivity index (χ2v) is 4.37. The van der Waals surface area contributed by atoms with Crippen molar-refractivity contribution in [2.75, 3.05) is 13.2 Å². The van der Waals surface area contributed by atoms with E-state index >= 15 is 0 Å². The molecule has 0 amide bonds. The number of rotatable bonds is 3. The SMILES string of the molecule is c1cnc2nc(OC[C@H]3CCCCN3)[nH]c2c1. The van der Waals surface area contributed by atoms with Gasteiger partial charge in [0.15, 0.2) is 5.65 Å². The van der Waals surface area contributed by atoms with Gasteiger partial charge >= 0.3 is 0 Å². The number of imidazole rings is 1. The van der Waals surface area contributed by atoms with Crippen molar-refractivity contribution in [2.45, 2.75) is 25.3 Å². The lowest BCUT2D eigenvalue weighted by Gasteiger charge is -2.22. The van der Waals surface area contributed by atoms with Gasteiger partial charge in [0.1, 0.15) is 6.61 Å². The number of ether oxygens (including phenoxy) is 1. The van der Waals surface area contributed by atoms with Crippen LogP contribution in [0, 0.1) is 0 Å². The monoisotopic (exact) mass is 232 g/mol. The van der Waals surface area contributed by atoms with Crippen LogP contribution in [0.4, 0.5) is 0 Å². The summed E-state index contributed by atoms with van der Waals surface area (Å²) in [5.41, 5.74) is 1.62. The molecule has 0 radical (unpaired) electrons. The van der Waals surface area contributed by atoms with Gasteiger partial charge in [-0.2, -0.15) is 4.98 Å². The first-order chi connectivity index (χ1) is 8.42. The molecule has 0 aromatic carbocycles. The molecule has 1 fully saturated rings. The predicted octanol–water partition coefficient (Wildman–Crippen LogP) is 1.48. The van der Waals surface area contributed by atoms with Gasteiger partial charge in [-0.1, -0.05) is 6.42 Å². The smallest absolute Gasteiger partial charge is 0.296 e. The van der Waals surface area contributed by atoms with Crippen molar-refractivity contribution in [1.29, 1.82) is 0 Å². The molecule has 2 aromatic heterocycles. The van der Waals surface area contributed by atoms with Gasteiger partial charge in [-0.15, -0.1) is 0 Å². The molecule has 5 nitrogen and oxygen atoms in total. The quantitative estimate of drug-likeness (QED) is 0.841. The number of piperidine rings is 1. The van der Waals surface area contributed by atoms with Crippen molar-refractivity contribution < 1.29 is 4.74 Å². The number of aromatic nitrogens is 3. The van der Waals surface area contributed by atoms with Crippen LogP contribution in [-0.2, 0) is 0 Å². The van der Waals surface area contributed by atoms with Crippen LogP contribution in [0.3, 0.4) is 0 Å². The van der Waals surface area contributed by atoms with E-state index in [0.717, 1.165) is 12.1 Å². The maximum atomic E-state index is 5.66. The largest absolute Gasteiger partial charge is 0.463 e. The fourth-order valence-corrected chi connectivity index (χ4v) is 2.14. The lowest BCUT2D eigenvalue weighted by molar-refractivity contribution is 0.226. The van der Waals surface area contributed by atoms with Crippen LogP contribution in [-0.4, -0.2) is 34.1 Å². The standard InChI is InChI=1S/C12H16N4O/c1-2-6-13-9(4-1)8-17-12-15-10-5-3-7-14-11(10)16-12/h3,5,7,9,13H,1-2,4,6,8H2,(H,14,15,16)/t9-/m1/s1. The molecule has 0 aliphatic carbocycles. The maximum absolute atomic E-state index is 5.66. The van der Waals surface area contributed by atoms with Crippen molar-refractivity contribution in [3.8, 4) is 6.01 Å². The summed E-state index contributed by atoms with van der Waals surface area (Å²) in [7, 11) is 0. The summed E-state index contributed by atoms with van der Waals surface area (Å²) in [6.45, 7) is 1.76. The molecular weight excluding hydrogens is 216 g/mol. The first-order valence-corrected chi connectivity index (χ1v) is 6.09. The summed E-state index contributed by atoms with van der Waals surface area (Å²) < 4.78 is 5.66. The molecule has 3 rings (SSSR count). The number of hydrogen-bond donors (Lipinski definition) is 2. The molecule has 90 valence electrons. The number of pyridine rings is 1. The molecule has 0 spiro atoms. The number of fused-ring (bicyclic) bond motifs is 1. The Morgan fingerprint density at radius 1 is 1.41 bits per heavy atom. The van der Waals surface area contributed by atoms with Gasteiger partial charge in [-0.3, -0.25) is 0 Å². The van der Waals surface area contributed by atoms with Crippen LogP contribution in [0.5, 0.6) is 6.01 Å². The molecule has 1 saturated heterocycles. The highest BCUT2D eigenvalue weighted by Gasteiger charge is 2.14. The maximum Gasteiger partial charge on any atom is 0.296 e. The second-order valence-electron chi connectivity index (χ2n) is 4.37. The predicted molar refractivity (Wildman–Crippen MR) is 65.0 cm³/mol. The van der Waals surface area contributed by atoms with E-state index in [4.69, 9.17) is 4.74 Å². The summed E-state index contributed by atoms with van der Waals surface area (Å²) in [6, 6.07) is 4.84. The number of aromatic amines is 1. The molecule has 2 aromatic rings. The number of H-pyrrole nitrogens is 1. The van der Waals surface area contributed by atoms with Crippen LogP contribution >= 0.6 is 0 Å². The second kappa shape index (κ2) is 4.71. The van der Waals surface area contributed by atoms with E-state index in [9.17, 15) is 0 Å². The molecule has 1 atom stereocenters. The molecule has 0 unspecified atom stereocenters. The van der Waals surface area contributed by atoms with Gasteiger partial charge < -0.3 is 15.0 Å². The normalized spacial score (nSPS) is 20.6. The van der Waals surface area contributed by atoms with Gasteiger partial charge in [0.05, 0.1) is 5.52 Å². The Labute approximate surface area is 99.6 Å². The molecule has 0 saturated carbocycles. The molecule has 0 bridgehead atoms. The molecule has 17 heavy (non-hydrogen) atoms. The van der Waals surface area contributed by atoms with E-state index in [2.05, 4.69) is 20.3 Å². The zero-order valence-corrected chi connectivity index (χ0v) is 9.65. The minimum absolute atomic E-state index is 0.449. The van der Waals surface area contributed by atoms with Crippen molar-refractivity contribution >= 4 is 11.2 Å². The van der Waals surface area contributed by atoms with E-state index in [0.29, 0.717) is 24.3 Å². The fraction of sp³-hybridized carbons (Fsp3) is 0.500. The Kier molecular flexibility index (Phi) is 2.92. The Balaban J connectivity index is 1.64. The Morgan fingerprint density at radius 2 is 2.41 bits per heavy atom. The van der Waals surface area contributed by atoms with Crippen molar-refractivity contribution in [3.63, 3.8) is 0 Å². The average molecular weight is 232 g/mol. The van der Waals surface area contributed by atoms with Gasteiger partial charge in [-0.25, -0.2) is 4.98 Å². The first kappa shape index (κ1) is 10.5. The fourth-order valence-electron chi connectivity index (χ4n) is 2.14. The van der Waals surface area contributed by atoms with Crippen molar-refractivity contribution in [1.82, 2.24) is 20.3 Å². The molecule has 3 heterocycles. The summed E-state index contributed by atoms with van der Waals surface area (Å²) in [5.74, 6) is 0. The topological polar surface area (TPSA) is 62.8 Å². The third-order valence-electron chi connectivity index (χ3n) is 3.07. The lowest BCUT2D eigenvalue weighted by atomic mass is 10.1. The molecular formula is C12H16N4O. The highest BCUT2D eigenvalue weighted by atomic mass is 16.5. The highest BCUT2D eigenvalue weighted by molar-refractivity contribution is 5.70. The number of nitrogens with one attached hydrogen (secondary N) is 2. The highest BCUT2D eigenvalue weighted by Crippen LogP contribution is 2.14. The van der Waals surface area contributed by atoms with Crippen molar-refractivity contribution in [3.05, 3.63) is 18.3 Å². The van der Waals surface area contributed by atoms with Crippen LogP contribution in [0.25, 0.3) is 11.2 Å². The van der Waals surface area contributed by atoms with Crippen LogP contribution in [0.2, 0.25) is 0 Å². The zero-order valence-electron chi connectivity index (χ0n) is 9.65. The van der Waals surface area contributed by atoms with Gasteiger partial charge in [0.2, 0.25) is 0 Å².